The van der Waals surface area contributed by atoms with Crippen LogP contribution in [-0.4, -0.2) is 11.6 Å². The first-order valence-electron chi connectivity index (χ1n) is 8.01. The molecule has 0 saturated carbocycles. The second-order valence-electron chi connectivity index (χ2n) is 5.32. The number of allylic oxidation sites excluding steroid dienone is 1. The van der Waals surface area contributed by atoms with Crippen LogP contribution < -0.4 is 10.1 Å². The number of nitriles is 1. The van der Waals surface area contributed by atoms with Crippen molar-refractivity contribution in [2.24, 2.45) is 0 Å². The summed E-state index contributed by atoms with van der Waals surface area (Å²) in [6.07, 6.45) is 1.68. The van der Waals surface area contributed by atoms with Crippen molar-refractivity contribution in [3.05, 3.63) is 69.6 Å². The zero-order valence-corrected chi connectivity index (χ0v) is 16.5. The van der Waals surface area contributed by atoms with E-state index < -0.39 is 0 Å². The molecule has 0 spiro atoms. The van der Waals surface area contributed by atoms with Crippen LogP contribution in [0, 0.1) is 11.3 Å². The van der Waals surface area contributed by atoms with E-state index in [0.29, 0.717) is 17.2 Å². The molecule has 1 aromatic heterocycles. The van der Waals surface area contributed by atoms with Crippen molar-refractivity contribution in [1.29, 1.82) is 5.26 Å². The quantitative estimate of drug-likeness (QED) is 0.495. The van der Waals surface area contributed by atoms with Gasteiger partial charge in [-0.3, -0.25) is 0 Å². The molecule has 0 aliphatic carbocycles. The number of aromatic nitrogens is 1. The van der Waals surface area contributed by atoms with E-state index in [2.05, 4.69) is 32.3 Å². The molecule has 1 heterocycles. The Bertz CT molecular complexity index is 940. The lowest BCUT2D eigenvalue weighted by molar-refractivity contribution is 0.340. The number of ether oxygens (including phenoxy) is 1. The molecule has 3 aromatic rings. The van der Waals surface area contributed by atoms with Gasteiger partial charge < -0.3 is 10.1 Å². The molecule has 0 aliphatic rings. The Morgan fingerprint density at radius 2 is 1.96 bits per heavy atom. The lowest BCUT2D eigenvalue weighted by Crippen LogP contribution is -1.91. The highest BCUT2D eigenvalue weighted by molar-refractivity contribution is 9.10. The Labute approximate surface area is 164 Å². The van der Waals surface area contributed by atoms with Crippen molar-refractivity contribution < 1.29 is 4.74 Å². The molecule has 2 aromatic carbocycles. The maximum atomic E-state index is 9.46. The van der Waals surface area contributed by atoms with Gasteiger partial charge in [-0.05, 0) is 55.5 Å². The number of nitrogens with one attached hydrogen (secondary N) is 1. The van der Waals surface area contributed by atoms with Crippen LogP contribution in [0.3, 0.4) is 0 Å². The predicted octanol–water partition coefficient (Wildman–Crippen LogP) is 5.95. The van der Waals surface area contributed by atoms with E-state index in [4.69, 9.17) is 4.74 Å². The van der Waals surface area contributed by atoms with Crippen LogP contribution in [0.1, 0.15) is 11.9 Å². The summed E-state index contributed by atoms with van der Waals surface area (Å²) in [5, 5.41) is 15.2. The average molecular weight is 426 g/mol. The van der Waals surface area contributed by atoms with Gasteiger partial charge in [-0.1, -0.05) is 15.9 Å². The van der Waals surface area contributed by atoms with Crippen molar-refractivity contribution >= 4 is 38.5 Å². The van der Waals surface area contributed by atoms with Gasteiger partial charge in [-0.25, -0.2) is 4.98 Å². The molecule has 0 atom stereocenters. The highest BCUT2D eigenvalue weighted by Gasteiger charge is 2.09. The molecule has 0 fully saturated rings. The number of halogens is 1. The fourth-order valence-electron chi connectivity index (χ4n) is 2.26. The van der Waals surface area contributed by atoms with Gasteiger partial charge in [0.05, 0.1) is 12.3 Å². The highest BCUT2D eigenvalue weighted by atomic mass is 79.9. The smallest absolute Gasteiger partial charge is 0.136 e. The first kappa shape index (κ1) is 18.2. The van der Waals surface area contributed by atoms with Gasteiger partial charge in [0.25, 0.3) is 0 Å². The fraction of sp³-hybridized carbons (Fsp3) is 0.100. The first-order chi connectivity index (χ1) is 12.7. The third-order valence-electron chi connectivity index (χ3n) is 3.54. The van der Waals surface area contributed by atoms with Crippen LogP contribution in [0.2, 0.25) is 0 Å². The lowest BCUT2D eigenvalue weighted by Gasteiger charge is -2.03. The lowest BCUT2D eigenvalue weighted by atomic mass is 10.2. The number of benzene rings is 2. The Balaban J connectivity index is 1.77. The minimum absolute atomic E-state index is 0.495. The topological polar surface area (TPSA) is 57.9 Å². The van der Waals surface area contributed by atoms with E-state index in [-0.39, 0.29) is 0 Å². The molecule has 1 N–H and O–H groups in total. The molecule has 130 valence electrons. The van der Waals surface area contributed by atoms with Gasteiger partial charge in [0.1, 0.15) is 22.4 Å². The minimum Gasteiger partial charge on any atom is -0.494 e. The number of hydrogen-bond donors (Lipinski definition) is 1. The molecule has 6 heteroatoms. The van der Waals surface area contributed by atoms with Crippen LogP contribution in [0.15, 0.2) is 64.6 Å². The Morgan fingerprint density at radius 1 is 1.23 bits per heavy atom. The van der Waals surface area contributed by atoms with Gasteiger partial charge in [0.15, 0.2) is 0 Å². The molecule has 0 unspecified atom stereocenters. The Kier molecular flexibility index (Phi) is 6.05. The van der Waals surface area contributed by atoms with Gasteiger partial charge in [-0.15, -0.1) is 11.3 Å². The van der Waals surface area contributed by atoms with Gasteiger partial charge in [-0.2, -0.15) is 5.26 Å². The van der Waals surface area contributed by atoms with E-state index in [1.165, 1.54) is 11.3 Å². The van der Waals surface area contributed by atoms with Crippen molar-refractivity contribution in [3.8, 4) is 23.1 Å². The summed E-state index contributed by atoms with van der Waals surface area (Å²) in [7, 11) is 0. The van der Waals surface area contributed by atoms with Crippen molar-refractivity contribution in [3.63, 3.8) is 0 Å². The molecule has 26 heavy (non-hydrogen) atoms. The van der Waals surface area contributed by atoms with E-state index in [9.17, 15) is 5.26 Å². The second-order valence-corrected chi connectivity index (χ2v) is 7.09. The Hall–Kier alpha value is -2.62. The third kappa shape index (κ3) is 4.51. The summed E-state index contributed by atoms with van der Waals surface area (Å²) >= 11 is 4.85. The molecule has 4 nitrogen and oxygen atoms in total. The predicted molar refractivity (Wildman–Crippen MR) is 110 cm³/mol. The number of nitrogens with zero attached hydrogens (tertiary/aromatic N) is 2. The average Bonchev–Trinajstić information content (AvgIpc) is 3.15. The summed E-state index contributed by atoms with van der Waals surface area (Å²) in [5.41, 5.74) is 3.24. The van der Waals surface area contributed by atoms with Crippen LogP contribution in [-0.2, 0) is 0 Å². The number of rotatable bonds is 6. The Morgan fingerprint density at radius 3 is 2.62 bits per heavy atom. The number of anilines is 1. The van der Waals surface area contributed by atoms with Gasteiger partial charge >= 0.3 is 0 Å². The normalized spacial score (nSPS) is 11.0. The fourth-order valence-corrected chi connectivity index (χ4v) is 3.32. The van der Waals surface area contributed by atoms with Gasteiger partial charge in [0.2, 0.25) is 0 Å². The van der Waals surface area contributed by atoms with Crippen LogP contribution in [0.25, 0.3) is 16.8 Å². The standard InChI is InChI=1S/C20H16BrN3OS/c1-2-25-18-9-3-14(4-10-18)19-13-26-20(24-19)15(11-22)12-23-17-7-5-16(21)6-8-17/h3-10,12-13,23H,2H2,1H3/b15-12+. The van der Waals surface area contributed by atoms with E-state index >= 15 is 0 Å². The van der Waals surface area contributed by atoms with Gasteiger partial charge in [0, 0.05) is 27.3 Å². The zero-order chi connectivity index (χ0) is 18.4. The monoisotopic (exact) mass is 425 g/mol. The maximum Gasteiger partial charge on any atom is 0.136 e. The van der Waals surface area contributed by atoms with E-state index in [0.717, 1.165) is 27.2 Å². The highest BCUT2D eigenvalue weighted by Crippen LogP contribution is 2.27. The summed E-state index contributed by atoms with van der Waals surface area (Å²) in [5.74, 6) is 0.836. The molecule has 0 aliphatic heterocycles. The van der Waals surface area contributed by atoms with Crippen molar-refractivity contribution in [2.45, 2.75) is 6.92 Å². The molecular weight excluding hydrogens is 410 g/mol. The minimum atomic E-state index is 0.495. The van der Waals surface area contributed by atoms with Crippen LogP contribution in [0.4, 0.5) is 5.69 Å². The first-order valence-corrected chi connectivity index (χ1v) is 9.68. The molecule has 3 rings (SSSR count). The molecule has 0 radical (unpaired) electrons. The van der Waals surface area contributed by atoms with E-state index in [1.807, 2.05) is 60.8 Å². The largest absolute Gasteiger partial charge is 0.494 e. The summed E-state index contributed by atoms with van der Waals surface area (Å²) in [6, 6.07) is 17.7. The van der Waals surface area contributed by atoms with Crippen molar-refractivity contribution in [2.75, 3.05) is 11.9 Å². The van der Waals surface area contributed by atoms with E-state index in [1.54, 1.807) is 6.20 Å². The molecule has 0 bridgehead atoms. The summed E-state index contributed by atoms with van der Waals surface area (Å²) in [6.45, 7) is 2.60. The van der Waals surface area contributed by atoms with Crippen LogP contribution >= 0.6 is 27.3 Å². The third-order valence-corrected chi connectivity index (χ3v) is 4.95. The van der Waals surface area contributed by atoms with Crippen LogP contribution in [0.5, 0.6) is 5.75 Å². The SMILES string of the molecule is CCOc1ccc(-c2csc(/C(C#N)=C/Nc3ccc(Br)cc3)n2)cc1. The summed E-state index contributed by atoms with van der Waals surface area (Å²) < 4.78 is 6.46. The summed E-state index contributed by atoms with van der Waals surface area (Å²) in [4.78, 5) is 4.59. The maximum absolute atomic E-state index is 9.46. The molecule has 0 saturated heterocycles. The zero-order valence-electron chi connectivity index (χ0n) is 14.1. The molecular formula is C20H16BrN3OS. The second kappa shape index (κ2) is 8.65. The van der Waals surface area contributed by atoms with Crippen molar-refractivity contribution in [1.82, 2.24) is 4.98 Å². The molecule has 0 amide bonds. The number of thiazole rings is 1. The number of hydrogen-bond acceptors (Lipinski definition) is 5.